The molecule has 0 saturated carbocycles. The van der Waals surface area contributed by atoms with Gasteiger partial charge in [-0.2, -0.15) is 5.26 Å². The van der Waals surface area contributed by atoms with Crippen molar-refractivity contribution in [3.8, 4) is 6.07 Å². The maximum atomic E-state index is 11.9. The van der Waals surface area contributed by atoms with Gasteiger partial charge in [-0.25, -0.2) is 0 Å². The number of hydrogen-bond acceptors (Lipinski definition) is 3. The Morgan fingerprint density at radius 3 is 2.58 bits per heavy atom. The van der Waals surface area contributed by atoms with Crippen molar-refractivity contribution in [2.45, 2.75) is 33.2 Å². The van der Waals surface area contributed by atoms with Gasteiger partial charge in [0.2, 0.25) is 0 Å². The smallest absolute Gasteiger partial charge is 0.267 e. The summed E-state index contributed by atoms with van der Waals surface area (Å²) in [4.78, 5) is 11.9. The lowest BCUT2D eigenvalue weighted by atomic mass is 10.2. The molecule has 0 heterocycles. The molecular formula is C15H19N3O. The Morgan fingerprint density at radius 1 is 1.42 bits per heavy atom. The summed E-state index contributed by atoms with van der Waals surface area (Å²) in [6, 6.07) is 9.56. The molecule has 4 nitrogen and oxygen atoms in total. The summed E-state index contributed by atoms with van der Waals surface area (Å²) in [5, 5.41) is 14.7. The van der Waals surface area contributed by atoms with Gasteiger partial charge >= 0.3 is 0 Å². The second-order valence-electron chi connectivity index (χ2n) is 4.47. The van der Waals surface area contributed by atoms with Crippen LogP contribution in [-0.4, -0.2) is 11.9 Å². The first-order valence-corrected chi connectivity index (χ1v) is 6.31. The largest absolute Gasteiger partial charge is 0.387 e. The van der Waals surface area contributed by atoms with Crippen LogP contribution < -0.4 is 10.6 Å². The number of nitrogens with one attached hydrogen (secondary N) is 2. The lowest BCUT2D eigenvalue weighted by Gasteiger charge is -2.09. The normalized spacial score (nSPS) is 12.4. The predicted octanol–water partition coefficient (Wildman–Crippen LogP) is 2.73. The van der Waals surface area contributed by atoms with E-state index in [0.29, 0.717) is 5.69 Å². The number of carbonyl (C=O) groups excluding carboxylic acids is 1. The maximum absolute atomic E-state index is 11.9. The molecule has 0 fully saturated rings. The quantitative estimate of drug-likeness (QED) is 0.629. The Labute approximate surface area is 114 Å². The van der Waals surface area contributed by atoms with E-state index in [-0.39, 0.29) is 11.6 Å². The molecule has 0 aromatic heterocycles. The van der Waals surface area contributed by atoms with E-state index in [1.165, 1.54) is 6.20 Å². The van der Waals surface area contributed by atoms with Gasteiger partial charge in [-0.05, 0) is 32.4 Å². The van der Waals surface area contributed by atoms with Gasteiger partial charge in [0.05, 0.1) is 0 Å². The molecule has 100 valence electrons. The average Bonchev–Trinajstić information content (AvgIpc) is 2.41. The first-order chi connectivity index (χ1) is 9.06. The van der Waals surface area contributed by atoms with E-state index < -0.39 is 5.91 Å². The third-order valence-corrected chi connectivity index (χ3v) is 2.80. The van der Waals surface area contributed by atoms with E-state index in [2.05, 4.69) is 10.6 Å². The third-order valence-electron chi connectivity index (χ3n) is 2.80. The molecule has 0 radical (unpaired) electrons. The number of nitrogens with zero attached hydrogens (tertiary/aromatic N) is 1. The highest BCUT2D eigenvalue weighted by Crippen LogP contribution is 2.09. The lowest BCUT2D eigenvalue weighted by molar-refractivity contribution is -0.112. The Hall–Kier alpha value is -2.28. The monoisotopic (exact) mass is 257 g/mol. The van der Waals surface area contributed by atoms with Crippen LogP contribution in [0.5, 0.6) is 0 Å². The van der Waals surface area contributed by atoms with Gasteiger partial charge in [0.15, 0.2) is 0 Å². The fraction of sp³-hybridized carbons (Fsp3) is 0.333. The van der Waals surface area contributed by atoms with E-state index in [1.54, 1.807) is 0 Å². The number of benzene rings is 1. The molecule has 1 atom stereocenters. The highest BCUT2D eigenvalue weighted by atomic mass is 16.1. The minimum Gasteiger partial charge on any atom is -0.387 e. The summed E-state index contributed by atoms with van der Waals surface area (Å²) in [5.74, 6) is -0.401. The molecule has 0 bridgehead atoms. The highest BCUT2D eigenvalue weighted by molar-refractivity contribution is 6.06. The number of anilines is 1. The SMILES string of the molecule is CCC(C)N/C=C(/C#N)C(=O)Nc1ccc(C)cc1. The minimum absolute atomic E-state index is 0.0703. The van der Waals surface area contributed by atoms with Crippen LogP contribution in [0.15, 0.2) is 36.0 Å². The van der Waals surface area contributed by atoms with Crippen LogP contribution >= 0.6 is 0 Å². The zero-order valence-electron chi connectivity index (χ0n) is 11.5. The molecular weight excluding hydrogens is 238 g/mol. The van der Waals surface area contributed by atoms with Gasteiger partial charge < -0.3 is 10.6 Å². The van der Waals surface area contributed by atoms with E-state index in [4.69, 9.17) is 5.26 Å². The Bertz CT molecular complexity index is 497. The second-order valence-corrected chi connectivity index (χ2v) is 4.47. The fourth-order valence-corrected chi connectivity index (χ4v) is 1.33. The number of aryl methyl sites for hydroxylation is 1. The maximum Gasteiger partial charge on any atom is 0.267 e. The number of nitriles is 1. The van der Waals surface area contributed by atoms with Crippen LogP contribution in [0.25, 0.3) is 0 Å². The van der Waals surface area contributed by atoms with Gasteiger partial charge in [-0.3, -0.25) is 4.79 Å². The molecule has 2 N–H and O–H groups in total. The number of hydrogen-bond donors (Lipinski definition) is 2. The molecule has 4 heteroatoms. The van der Waals surface area contributed by atoms with Crippen molar-refractivity contribution in [3.05, 3.63) is 41.6 Å². The van der Waals surface area contributed by atoms with Crippen LogP contribution in [0.2, 0.25) is 0 Å². The van der Waals surface area contributed by atoms with E-state index in [9.17, 15) is 4.79 Å². The molecule has 1 unspecified atom stereocenters. The second kappa shape index (κ2) is 7.22. The summed E-state index contributed by atoms with van der Waals surface area (Å²) in [6.45, 7) is 6.00. The molecule has 1 aromatic carbocycles. The first kappa shape index (κ1) is 14.8. The fourth-order valence-electron chi connectivity index (χ4n) is 1.33. The van der Waals surface area contributed by atoms with Crippen LogP contribution in [0.4, 0.5) is 5.69 Å². The van der Waals surface area contributed by atoms with Gasteiger partial charge in [-0.15, -0.1) is 0 Å². The van der Waals surface area contributed by atoms with Crippen molar-refractivity contribution >= 4 is 11.6 Å². The van der Waals surface area contributed by atoms with Crippen molar-refractivity contribution in [3.63, 3.8) is 0 Å². The van der Waals surface area contributed by atoms with Crippen molar-refractivity contribution in [2.24, 2.45) is 0 Å². The van der Waals surface area contributed by atoms with Crippen LogP contribution in [0, 0.1) is 18.3 Å². The average molecular weight is 257 g/mol. The molecule has 19 heavy (non-hydrogen) atoms. The Kier molecular flexibility index (Phi) is 5.62. The lowest BCUT2D eigenvalue weighted by Crippen LogP contribution is -2.22. The molecule has 0 aliphatic heterocycles. The third kappa shape index (κ3) is 4.84. The van der Waals surface area contributed by atoms with Crippen molar-refractivity contribution in [1.29, 1.82) is 5.26 Å². The van der Waals surface area contributed by atoms with Crippen LogP contribution in [-0.2, 0) is 4.79 Å². The number of rotatable bonds is 5. The molecule has 1 aromatic rings. The molecule has 0 spiro atoms. The standard InChI is InChI=1S/C15H19N3O/c1-4-12(3)17-10-13(9-16)15(19)18-14-7-5-11(2)6-8-14/h5-8,10,12,17H,4H2,1-3H3,(H,18,19)/b13-10-. The number of carbonyl (C=O) groups is 1. The molecule has 0 saturated heterocycles. The van der Waals surface area contributed by atoms with E-state index in [0.717, 1.165) is 12.0 Å². The minimum atomic E-state index is -0.401. The molecule has 0 aliphatic carbocycles. The zero-order valence-corrected chi connectivity index (χ0v) is 11.5. The number of amides is 1. The van der Waals surface area contributed by atoms with Gasteiger partial charge in [-0.1, -0.05) is 24.6 Å². The van der Waals surface area contributed by atoms with Crippen LogP contribution in [0.3, 0.4) is 0 Å². The van der Waals surface area contributed by atoms with Crippen molar-refractivity contribution < 1.29 is 4.79 Å². The zero-order chi connectivity index (χ0) is 14.3. The summed E-state index contributed by atoms with van der Waals surface area (Å²) < 4.78 is 0. The van der Waals surface area contributed by atoms with Gasteiger partial charge in [0.25, 0.3) is 5.91 Å². The Balaban J connectivity index is 2.69. The van der Waals surface area contributed by atoms with E-state index >= 15 is 0 Å². The van der Waals surface area contributed by atoms with Gasteiger partial charge in [0, 0.05) is 17.9 Å². The predicted molar refractivity (Wildman–Crippen MR) is 76.4 cm³/mol. The summed E-state index contributed by atoms with van der Waals surface area (Å²) in [7, 11) is 0. The van der Waals surface area contributed by atoms with E-state index in [1.807, 2.05) is 51.1 Å². The first-order valence-electron chi connectivity index (χ1n) is 6.31. The molecule has 1 rings (SSSR count). The van der Waals surface area contributed by atoms with Gasteiger partial charge in [0.1, 0.15) is 11.6 Å². The van der Waals surface area contributed by atoms with Crippen molar-refractivity contribution in [2.75, 3.05) is 5.32 Å². The molecule has 0 aliphatic rings. The summed E-state index contributed by atoms with van der Waals surface area (Å²) in [5.41, 5.74) is 1.87. The topological polar surface area (TPSA) is 64.9 Å². The highest BCUT2D eigenvalue weighted by Gasteiger charge is 2.09. The molecule has 1 amide bonds. The summed E-state index contributed by atoms with van der Waals surface area (Å²) >= 11 is 0. The Morgan fingerprint density at radius 2 is 2.05 bits per heavy atom. The summed E-state index contributed by atoms with van der Waals surface area (Å²) in [6.07, 6.45) is 2.40. The van der Waals surface area contributed by atoms with Crippen molar-refractivity contribution in [1.82, 2.24) is 5.32 Å². The van der Waals surface area contributed by atoms with Crippen LogP contribution in [0.1, 0.15) is 25.8 Å².